The normalized spacial score (nSPS) is 27.4. The number of benzene rings is 2. The van der Waals surface area contributed by atoms with E-state index in [0.29, 0.717) is 10.8 Å². The van der Waals surface area contributed by atoms with Crippen LogP contribution in [0.15, 0.2) is 48.5 Å². The Labute approximate surface area is 314 Å². The van der Waals surface area contributed by atoms with Crippen LogP contribution < -0.4 is 0 Å². The van der Waals surface area contributed by atoms with E-state index in [0.717, 1.165) is 36.0 Å². The lowest BCUT2D eigenvalue weighted by Crippen LogP contribution is -2.34. The maximum absolute atomic E-state index is 2.46. The maximum atomic E-state index is 2.46. The number of hydrogen-bond acceptors (Lipinski definition) is 0. The van der Waals surface area contributed by atoms with Crippen molar-refractivity contribution in [2.45, 2.75) is 205 Å². The third-order valence-electron chi connectivity index (χ3n) is 12.5. The monoisotopic (exact) mass is 687 g/mol. The van der Waals surface area contributed by atoms with Gasteiger partial charge in [0.25, 0.3) is 0 Å². The minimum Gasteiger partial charge on any atom is -0.0654 e. The zero-order valence-electron chi connectivity index (χ0n) is 35.6. The Bertz CT molecular complexity index is 1020. The van der Waals surface area contributed by atoms with Crippen LogP contribution in [0.1, 0.15) is 207 Å². The highest BCUT2D eigenvalue weighted by atomic mass is 14.4. The van der Waals surface area contributed by atoms with Gasteiger partial charge in [-0.2, -0.15) is 0 Å². The second kappa shape index (κ2) is 23.9. The Morgan fingerprint density at radius 2 is 0.920 bits per heavy atom. The summed E-state index contributed by atoms with van der Waals surface area (Å²) in [5.41, 5.74) is 6.61. The topological polar surface area (TPSA) is 0 Å². The quantitative estimate of drug-likeness (QED) is 0.218. The molecule has 3 aliphatic carbocycles. The fourth-order valence-electron chi connectivity index (χ4n) is 9.53. The van der Waals surface area contributed by atoms with Gasteiger partial charge in [-0.05, 0) is 97.5 Å². The van der Waals surface area contributed by atoms with Gasteiger partial charge in [0.1, 0.15) is 0 Å². The Kier molecular flexibility index (Phi) is 21.3. The fraction of sp³-hybridized carbons (Fsp3) is 0.760. The SMILES string of the molecule is CC1CCC(CC2CCC(C)CC2)CC1.CCC1(C)CC(C)CC(C)(C)C1.CCCCCCCC.Cc1ccc(Cc2ccc(C)cc2)cc1. The van der Waals surface area contributed by atoms with Crippen molar-refractivity contribution in [1.82, 2.24) is 0 Å². The number of hydrogen-bond donors (Lipinski definition) is 0. The molecule has 0 saturated heterocycles. The van der Waals surface area contributed by atoms with Crippen molar-refractivity contribution >= 4 is 0 Å². The van der Waals surface area contributed by atoms with Crippen LogP contribution in [0.3, 0.4) is 0 Å². The van der Waals surface area contributed by atoms with Gasteiger partial charge >= 0.3 is 0 Å². The van der Waals surface area contributed by atoms with E-state index in [4.69, 9.17) is 0 Å². The van der Waals surface area contributed by atoms with Gasteiger partial charge in [-0.15, -0.1) is 0 Å². The summed E-state index contributed by atoms with van der Waals surface area (Å²) in [6.07, 6.45) is 28.9. The average molecular weight is 687 g/mol. The molecule has 50 heavy (non-hydrogen) atoms. The molecule has 2 aromatic rings. The maximum Gasteiger partial charge on any atom is -0.00258 e. The number of unbranched alkanes of at least 4 members (excludes halogenated alkanes) is 5. The van der Waals surface area contributed by atoms with Crippen molar-refractivity contribution in [3.63, 3.8) is 0 Å². The fourth-order valence-corrected chi connectivity index (χ4v) is 9.53. The third kappa shape index (κ3) is 19.3. The number of rotatable bonds is 10. The zero-order chi connectivity index (χ0) is 37.0. The molecule has 0 heterocycles. The van der Waals surface area contributed by atoms with E-state index in [1.807, 2.05) is 0 Å². The van der Waals surface area contributed by atoms with Crippen molar-refractivity contribution in [3.8, 4) is 0 Å². The van der Waals surface area contributed by atoms with E-state index in [1.165, 1.54) is 138 Å². The highest BCUT2D eigenvalue weighted by Gasteiger charge is 2.38. The first-order valence-corrected chi connectivity index (χ1v) is 21.9. The first-order valence-electron chi connectivity index (χ1n) is 21.9. The van der Waals surface area contributed by atoms with Gasteiger partial charge < -0.3 is 0 Å². The van der Waals surface area contributed by atoms with Crippen LogP contribution in [-0.4, -0.2) is 0 Å². The summed E-state index contributed by atoms with van der Waals surface area (Å²) in [6, 6.07) is 17.5. The highest BCUT2D eigenvalue weighted by molar-refractivity contribution is 5.29. The van der Waals surface area contributed by atoms with Crippen molar-refractivity contribution in [3.05, 3.63) is 70.8 Å². The lowest BCUT2D eigenvalue weighted by atomic mass is 9.60. The minimum atomic E-state index is 0.586. The summed E-state index contributed by atoms with van der Waals surface area (Å²) < 4.78 is 0. The second-order valence-corrected chi connectivity index (χ2v) is 19.1. The standard InChI is InChI=1S/C15H28.C15H16.C12H24.C8H18/c2*1-12-3-7-14(8-4-12)11-15-9-5-13(2)6-10-15;1-6-12(5)8-10(2)7-11(3,4)9-12;1-3-5-7-8-6-4-2/h12-15H,3-11H2,1-2H3;3-10H,11H2,1-2H3;10H,6-9H2,1-5H3;3-8H2,1-2H3. The molecule has 286 valence electrons. The summed E-state index contributed by atoms with van der Waals surface area (Å²) in [7, 11) is 0. The van der Waals surface area contributed by atoms with E-state index in [1.54, 1.807) is 6.42 Å². The summed E-state index contributed by atoms with van der Waals surface area (Å²) in [4.78, 5) is 0. The van der Waals surface area contributed by atoms with Crippen molar-refractivity contribution < 1.29 is 0 Å². The molecule has 0 amide bonds. The van der Waals surface area contributed by atoms with Crippen LogP contribution in [0.25, 0.3) is 0 Å². The Morgan fingerprint density at radius 1 is 0.520 bits per heavy atom. The molecule has 3 fully saturated rings. The molecule has 0 aromatic heterocycles. The zero-order valence-corrected chi connectivity index (χ0v) is 35.6. The molecule has 0 radical (unpaired) electrons. The Hall–Kier alpha value is -1.56. The molecule has 2 unspecified atom stereocenters. The van der Waals surface area contributed by atoms with E-state index < -0.39 is 0 Å². The van der Waals surface area contributed by atoms with E-state index in [-0.39, 0.29) is 0 Å². The molecule has 3 aliphatic rings. The van der Waals surface area contributed by atoms with Crippen LogP contribution in [0.5, 0.6) is 0 Å². The number of aryl methyl sites for hydroxylation is 2. The molecule has 3 saturated carbocycles. The van der Waals surface area contributed by atoms with Crippen LogP contribution in [-0.2, 0) is 6.42 Å². The van der Waals surface area contributed by atoms with E-state index >= 15 is 0 Å². The molecular formula is C50H86. The summed E-state index contributed by atoms with van der Waals surface area (Å²) in [6.45, 7) is 25.7. The van der Waals surface area contributed by atoms with Gasteiger partial charge in [-0.3, -0.25) is 0 Å². The first-order chi connectivity index (χ1) is 23.8. The molecular weight excluding hydrogens is 601 g/mol. The molecule has 2 aromatic carbocycles. The van der Waals surface area contributed by atoms with Crippen LogP contribution in [0, 0.1) is 54.3 Å². The summed E-state index contributed by atoms with van der Waals surface area (Å²) in [5.74, 6) is 5.16. The predicted octanol–water partition coefficient (Wildman–Crippen LogP) is 16.5. The lowest BCUT2D eigenvalue weighted by Gasteiger charge is -2.45. The molecule has 0 aliphatic heterocycles. The van der Waals surface area contributed by atoms with Crippen molar-refractivity contribution in [1.29, 1.82) is 0 Å². The van der Waals surface area contributed by atoms with Gasteiger partial charge in [0.2, 0.25) is 0 Å². The van der Waals surface area contributed by atoms with Gasteiger partial charge in [0, 0.05) is 0 Å². The molecule has 2 atom stereocenters. The minimum absolute atomic E-state index is 0.586. The average Bonchev–Trinajstić information content (AvgIpc) is 3.07. The van der Waals surface area contributed by atoms with Gasteiger partial charge in [-0.1, -0.05) is 218 Å². The Morgan fingerprint density at radius 3 is 1.26 bits per heavy atom. The van der Waals surface area contributed by atoms with Gasteiger partial charge in [-0.25, -0.2) is 0 Å². The molecule has 0 nitrogen and oxygen atoms in total. The van der Waals surface area contributed by atoms with E-state index in [2.05, 4.69) is 125 Å². The third-order valence-corrected chi connectivity index (χ3v) is 12.5. The summed E-state index contributed by atoms with van der Waals surface area (Å²) >= 11 is 0. The smallest absolute Gasteiger partial charge is 0.00258 e. The molecule has 0 N–H and O–H groups in total. The summed E-state index contributed by atoms with van der Waals surface area (Å²) in [5, 5.41) is 0. The van der Waals surface area contributed by atoms with Crippen molar-refractivity contribution in [2.24, 2.45) is 40.4 Å². The molecule has 0 bridgehead atoms. The predicted molar refractivity (Wildman–Crippen MR) is 226 cm³/mol. The van der Waals surface area contributed by atoms with E-state index in [9.17, 15) is 0 Å². The lowest BCUT2D eigenvalue weighted by molar-refractivity contribution is 0.0582. The first kappa shape index (κ1) is 44.6. The van der Waals surface area contributed by atoms with Crippen LogP contribution >= 0.6 is 0 Å². The highest BCUT2D eigenvalue weighted by Crippen LogP contribution is 2.50. The largest absolute Gasteiger partial charge is 0.0654 e. The van der Waals surface area contributed by atoms with Crippen LogP contribution in [0.4, 0.5) is 0 Å². The Balaban J connectivity index is 0.000000237. The van der Waals surface area contributed by atoms with Gasteiger partial charge in [0.05, 0.1) is 0 Å². The van der Waals surface area contributed by atoms with Crippen LogP contribution in [0.2, 0.25) is 0 Å². The second-order valence-electron chi connectivity index (χ2n) is 19.1. The van der Waals surface area contributed by atoms with Crippen molar-refractivity contribution in [2.75, 3.05) is 0 Å². The molecule has 0 spiro atoms. The molecule has 5 rings (SSSR count). The molecule has 0 heteroatoms. The van der Waals surface area contributed by atoms with Gasteiger partial charge in [0.15, 0.2) is 0 Å².